The molecule has 136 valence electrons. The lowest BCUT2D eigenvalue weighted by Crippen LogP contribution is -2.40. The van der Waals surface area contributed by atoms with Crippen molar-refractivity contribution in [2.75, 3.05) is 25.0 Å². The first kappa shape index (κ1) is 16.6. The van der Waals surface area contributed by atoms with Crippen LogP contribution in [0.15, 0.2) is 47.5 Å². The van der Waals surface area contributed by atoms with Gasteiger partial charge < -0.3 is 20.7 Å². The van der Waals surface area contributed by atoms with Crippen LogP contribution in [0.25, 0.3) is 0 Å². The van der Waals surface area contributed by atoms with Gasteiger partial charge in [0.1, 0.15) is 0 Å². The second-order valence-corrected chi connectivity index (χ2v) is 6.64. The second-order valence-electron chi connectivity index (χ2n) is 6.64. The third kappa shape index (κ3) is 3.15. The fourth-order valence-electron chi connectivity index (χ4n) is 3.82. The summed E-state index contributed by atoms with van der Waals surface area (Å²) in [5.74, 6) is 0.334. The van der Waals surface area contributed by atoms with Gasteiger partial charge in [0.25, 0.3) is 0 Å². The zero-order valence-corrected chi connectivity index (χ0v) is 14.2. The topological polar surface area (TPSA) is 109 Å². The van der Waals surface area contributed by atoms with Crippen LogP contribution in [0, 0.1) is 11.8 Å². The Labute approximate surface area is 151 Å². The molecule has 4 rings (SSSR count). The van der Waals surface area contributed by atoms with Crippen LogP contribution in [0.5, 0.6) is 0 Å². The number of fused-ring (bicyclic) bond motifs is 5. The Kier molecular flexibility index (Phi) is 4.34. The number of rotatable bonds is 4. The molecule has 2 bridgehead atoms. The molecule has 0 aliphatic carbocycles. The molecule has 0 radical (unpaired) electrons. The maximum absolute atomic E-state index is 12.5. The predicted molar refractivity (Wildman–Crippen MR) is 96.4 cm³/mol. The number of urea groups is 1. The molecule has 8 heteroatoms. The van der Waals surface area contributed by atoms with E-state index < -0.39 is 6.03 Å². The Hall–Kier alpha value is -2.87. The number of para-hydroxylation sites is 1. The minimum absolute atomic E-state index is 0.0235. The van der Waals surface area contributed by atoms with E-state index in [1.54, 1.807) is 12.1 Å². The van der Waals surface area contributed by atoms with Crippen molar-refractivity contribution in [1.29, 1.82) is 0 Å². The highest BCUT2D eigenvalue weighted by atomic mass is 16.5. The van der Waals surface area contributed by atoms with Crippen LogP contribution < -0.4 is 16.4 Å². The minimum Gasteiger partial charge on any atom is -0.370 e. The van der Waals surface area contributed by atoms with Crippen LogP contribution in [0.4, 0.5) is 10.5 Å². The summed E-state index contributed by atoms with van der Waals surface area (Å²) in [4.78, 5) is 30.3. The van der Waals surface area contributed by atoms with Crippen molar-refractivity contribution in [2.45, 2.75) is 12.2 Å². The summed E-state index contributed by atoms with van der Waals surface area (Å²) in [5, 5.41) is 5.13. The van der Waals surface area contributed by atoms with Gasteiger partial charge in [-0.1, -0.05) is 30.4 Å². The number of carbonyl (C=O) groups excluding carboxylic acids is 2. The van der Waals surface area contributed by atoms with E-state index in [9.17, 15) is 9.59 Å². The molecule has 0 spiro atoms. The molecule has 8 nitrogen and oxygen atoms in total. The van der Waals surface area contributed by atoms with Crippen LogP contribution in [0.3, 0.4) is 0 Å². The molecule has 3 aliphatic rings. The number of likely N-dealkylation sites (tertiary alicyclic amines) is 1. The highest BCUT2D eigenvalue weighted by molar-refractivity contribution is 6.01. The molecule has 0 aromatic heterocycles. The number of guanidine groups is 1. The number of anilines is 1. The van der Waals surface area contributed by atoms with Gasteiger partial charge in [-0.05, 0) is 12.1 Å². The predicted octanol–water partition coefficient (Wildman–Crippen LogP) is 0.535. The van der Waals surface area contributed by atoms with Gasteiger partial charge in [-0.2, -0.15) is 0 Å². The van der Waals surface area contributed by atoms with E-state index in [1.165, 1.54) is 0 Å². The summed E-state index contributed by atoms with van der Waals surface area (Å²) in [7, 11) is 0. The Morgan fingerprint density at radius 3 is 2.81 bits per heavy atom. The van der Waals surface area contributed by atoms with E-state index in [0.29, 0.717) is 25.3 Å². The molecule has 26 heavy (non-hydrogen) atoms. The van der Waals surface area contributed by atoms with Crippen LogP contribution in [-0.4, -0.2) is 54.6 Å². The van der Waals surface area contributed by atoms with Gasteiger partial charge in [0.2, 0.25) is 5.91 Å². The molecule has 0 saturated carbocycles. The molecule has 1 aromatic rings. The van der Waals surface area contributed by atoms with Crippen molar-refractivity contribution in [1.82, 2.24) is 10.2 Å². The van der Waals surface area contributed by atoms with Gasteiger partial charge in [0, 0.05) is 24.7 Å². The van der Waals surface area contributed by atoms with Crippen LogP contribution >= 0.6 is 0 Å². The molecule has 3 amide bonds. The third-order valence-electron chi connectivity index (χ3n) is 5.00. The highest BCUT2D eigenvalue weighted by Gasteiger charge is 2.55. The van der Waals surface area contributed by atoms with E-state index in [0.717, 1.165) is 0 Å². The molecular formula is C18H21N5O3. The maximum atomic E-state index is 12.5. The number of amides is 3. The summed E-state index contributed by atoms with van der Waals surface area (Å²) in [6.45, 7) is 1.51. The average molecular weight is 355 g/mol. The Balaban J connectivity index is 1.24. The van der Waals surface area contributed by atoms with Gasteiger partial charge in [0.15, 0.2) is 5.96 Å². The van der Waals surface area contributed by atoms with E-state index in [1.807, 2.05) is 35.3 Å². The monoisotopic (exact) mass is 355 g/mol. The third-order valence-corrected chi connectivity index (χ3v) is 5.00. The number of ether oxygens (including phenoxy) is 1. The van der Waals surface area contributed by atoms with Gasteiger partial charge in [-0.3, -0.25) is 15.1 Å². The summed E-state index contributed by atoms with van der Waals surface area (Å²) >= 11 is 0. The number of hydrogen-bond acceptors (Lipinski definition) is 4. The number of benzene rings is 1. The summed E-state index contributed by atoms with van der Waals surface area (Å²) < 4.78 is 5.73. The van der Waals surface area contributed by atoms with Crippen LogP contribution in [-0.2, 0) is 9.53 Å². The number of carbonyl (C=O) groups is 2. The second kappa shape index (κ2) is 6.80. The zero-order chi connectivity index (χ0) is 18.1. The van der Waals surface area contributed by atoms with E-state index in [2.05, 4.69) is 15.6 Å². The normalized spacial score (nSPS) is 29.2. The first-order valence-corrected chi connectivity index (χ1v) is 8.67. The van der Waals surface area contributed by atoms with E-state index in [4.69, 9.17) is 10.5 Å². The lowest BCUT2D eigenvalue weighted by molar-refractivity contribution is -0.132. The Morgan fingerprint density at radius 1 is 1.27 bits per heavy atom. The first-order valence-electron chi connectivity index (χ1n) is 8.67. The molecule has 3 heterocycles. The number of hydrogen-bond donors (Lipinski definition) is 3. The van der Waals surface area contributed by atoms with E-state index in [-0.39, 0.29) is 35.9 Å². The molecule has 4 atom stereocenters. The zero-order valence-electron chi connectivity index (χ0n) is 14.2. The van der Waals surface area contributed by atoms with Gasteiger partial charge in [-0.15, -0.1) is 0 Å². The molecule has 2 saturated heterocycles. The van der Waals surface area contributed by atoms with Crippen molar-refractivity contribution < 1.29 is 14.3 Å². The van der Waals surface area contributed by atoms with Gasteiger partial charge in [0.05, 0.1) is 24.7 Å². The average Bonchev–Trinajstić information content (AvgIpc) is 3.30. The lowest BCUT2D eigenvalue weighted by atomic mass is 9.86. The van der Waals surface area contributed by atoms with Crippen LogP contribution in [0.2, 0.25) is 0 Å². The number of nitrogens with two attached hydrogens (primary N) is 1. The van der Waals surface area contributed by atoms with E-state index >= 15 is 0 Å². The first-order chi connectivity index (χ1) is 12.6. The molecule has 4 N–H and O–H groups in total. The van der Waals surface area contributed by atoms with Crippen molar-refractivity contribution >= 4 is 23.6 Å². The van der Waals surface area contributed by atoms with Crippen molar-refractivity contribution in [3.63, 3.8) is 0 Å². The quantitative estimate of drug-likeness (QED) is 0.416. The van der Waals surface area contributed by atoms with Crippen molar-refractivity contribution in [3.8, 4) is 0 Å². The molecule has 3 aliphatic heterocycles. The fourth-order valence-corrected chi connectivity index (χ4v) is 3.82. The van der Waals surface area contributed by atoms with Gasteiger partial charge >= 0.3 is 6.03 Å². The summed E-state index contributed by atoms with van der Waals surface area (Å²) in [6.07, 6.45) is 4.03. The lowest BCUT2D eigenvalue weighted by Gasteiger charge is -2.18. The number of nitrogens with zero attached hydrogens (tertiary/aromatic N) is 2. The maximum Gasteiger partial charge on any atom is 0.325 e. The Bertz CT molecular complexity index is 763. The van der Waals surface area contributed by atoms with Gasteiger partial charge in [-0.25, -0.2) is 4.79 Å². The fraction of sp³-hybridized carbons (Fsp3) is 0.389. The molecular weight excluding hydrogens is 334 g/mol. The SMILES string of the molecule is NC(=NCCN1CC2C3C=CC(O3)C2C1=O)NC(=O)Nc1ccccc1. The number of aliphatic imine (C=N–C) groups is 1. The highest BCUT2D eigenvalue weighted by Crippen LogP contribution is 2.44. The van der Waals surface area contributed by atoms with Crippen LogP contribution in [0.1, 0.15) is 0 Å². The van der Waals surface area contributed by atoms with Crippen molar-refractivity contribution in [2.24, 2.45) is 22.6 Å². The van der Waals surface area contributed by atoms with Crippen molar-refractivity contribution in [3.05, 3.63) is 42.5 Å². The molecule has 2 fully saturated rings. The molecule has 4 unspecified atom stereocenters. The molecule has 1 aromatic carbocycles. The summed E-state index contributed by atoms with van der Waals surface area (Å²) in [5.41, 5.74) is 6.40. The smallest absolute Gasteiger partial charge is 0.325 e. The Morgan fingerprint density at radius 2 is 2.04 bits per heavy atom. The standard InChI is InChI=1S/C18H21N5O3/c19-17(22-18(25)21-11-4-2-1-3-5-11)20-8-9-23-10-12-13-6-7-14(26-13)15(12)16(23)24/h1-7,12-15H,8-10H2,(H4,19,20,21,22,25). The number of nitrogens with one attached hydrogen (secondary N) is 2. The summed E-state index contributed by atoms with van der Waals surface area (Å²) in [6, 6.07) is 8.59. The minimum atomic E-state index is -0.455. The largest absolute Gasteiger partial charge is 0.370 e.